The number of rotatable bonds is 0. The van der Waals surface area contributed by atoms with Gasteiger partial charge in [-0.1, -0.05) is 0 Å². The maximum Gasteiger partial charge on any atom is 2.00 e. The normalized spacial score (nSPS) is 0.857. The molecule has 0 heterocycles. The minimum Gasteiger partial charge on any atom is -1.00 e. The molecule has 0 bridgehead atoms. The standard InChI is InChI=1S/3Ca.ClO.ClH.H2O/c;;;1-2;;/h;;;;1H;1H2/q3*+2;-1;;/p-2. The Hall–Kier alpha value is 4.28. The maximum atomic E-state index is 7.72. The van der Waals surface area contributed by atoms with Crippen LogP contribution in [0.1, 0.15) is 0 Å². The Labute approximate surface area is 144 Å². The van der Waals surface area contributed by atoms with Gasteiger partial charge in [0.15, 0.2) is 0 Å². The van der Waals surface area contributed by atoms with Crippen molar-refractivity contribution in [1.82, 2.24) is 0 Å². The second-order valence-corrected chi connectivity index (χ2v) is 0. The molecule has 0 aromatic rings. The van der Waals surface area contributed by atoms with Crippen molar-refractivity contribution >= 4 is 125 Å². The monoisotopic (exact) mass is 223 g/mol. The van der Waals surface area contributed by atoms with Gasteiger partial charge in [0.2, 0.25) is 0 Å². The molecule has 7 heavy (non-hydrogen) atoms. The Kier molecular flexibility index (Phi) is 295. The van der Waals surface area contributed by atoms with E-state index >= 15 is 0 Å². The third-order valence-corrected chi connectivity index (χ3v) is 0. The van der Waals surface area contributed by atoms with Crippen LogP contribution in [0.15, 0.2) is 0 Å². The Balaban J connectivity index is -0.000000000500. The first-order valence-electron chi connectivity index (χ1n) is 0.154. The molecule has 7 heteroatoms. The molecule has 0 rings (SSSR count). The molecule has 0 aromatic heterocycles. The molecule has 0 aliphatic carbocycles. The second-order valence-electron chi connectivity index (χ2n) is 0. The molecule has 0 aliphatic heterocycles. The summed E-state index contributed by atoms with van der Waals surface area (Å²) in [5, 5.41) is 0. The van der Waals surface area contributed by atoms with Gasteiger partial charge in [-0.3, -0.25) is 0 Å². The van der Waals surface area contributed by atoms with Crippen molar-refractivity contribution in [2.45, 2.75) is 0 Å². The fraction of sp³-hybridized carbons (Fsp3) is 0. The van der Waals surface area contributed by atoms with Gasteiger partial charge in [-0.25, -0.2) is 11.9 Å². The fourth-order valence-electron chi connectivity index (χ4n) is 0. The van der Waals surface area contributed by atoms with Crippen molar-refractivity contribution in [2.75, 3.05) is 0 Å². The summed E-state index contributed by atoms with van der Waals surface area (Å²) in [5.41, 5.74) is 0. The van der Waals surface area contributed by atoms with E-state index < -0.39 is 0 Å². The van der Waals surface area contributed by atoms with Gasteiger partial charge in [-0.15, -0.1) is 0 Å². The topological polar surface area (TPSA) is 53.1 Å². The summed E-state index contributed by atoms with van der Waals surface area (Å²) in [6.07, 6.45) is 0. The smallest absolute Gasteiger partial charge is 1.00 e. The molecule has 0 atom stereocenters. The van der Waals surface area contributed by atoms with Crippen LogP contribution in [-0.2, 0) is 0 Å². The van der Waals surface area contributed by atoms with Crippen molar-refractivity contribution < 1.29 is 22.5 Å². The maximum absolute atomic E-state index is 7.72. The van der Waals surface area contributed by atoms with Crippen molar-refractivity contribution in [3.05, 3.63) is 0 Å². The van der Waals surface area contributed by atoms with E-state index in [2.05, 4.69) is 11.9 Å². The van der Waals surface area contributed by atoms with Crippen LogP contribution in [0.25, 0.3) is 0 Å². The van der Waals surface area contributed by atoms with Crippen LogP contribution in [0.3, 0.4) is 0 Å². The largest absolute Gasteiger partial charge is 2.00 e. The van der Waals surface area contributed by atoms with E-state index in [1.165, 1.54) is 0 Å². The second kappa shape index (κ2) is 48.3. The minimum absolute atomic E-state index is 0. The van der Waals surface area contributed by atoms with Crippen molar-refractivity contribution in [3.63, 3.8) is 0 Å². The molecule has 0 fully saturated rings. The first-order chi connectivity index (χ1) is 1.00. The van der Waals surface area contributed by atoms with Crippen LogP contribution in [0.5, 0.6) is 0 Å². The van der Waals surface area contributed by atoms with Crippen LogP contribution >= 0.6 is 11.9 Å². The molecule has 1 N–H and O–H groups in total. The summed E-state index contributed by atoms with van der Waals surface area (Å²) in [7, 11) is 0. The number of halogens is 2. The molecular weight excluding hydrogens is 223 g/mol. The Bertz CT molecular complexity index is 10.9. The molecule has 0 saturated carbocycles. The zero-order valence-corrected chi connectivity index (χ0v) is 11.9. The zero-order chi connectivity index (χ0) is 2.00. The third kappa shape index (κ3) is 38.5. The fourth-order valence-corrected chi connectivity index (χ4v) is 0. The van der Waals surface area contributed by atoms with E-state index in [0.717, 1.165) is 0 Å². The molecule has 2 nitrogen and oxygen atoms in total. The third-order valence-electron chi connectivity index (χ3n) is 0. The molecule has 0 spiro atoms. The molecule has 0 aliphatic rings. The SMILES string of the molecule is [Ca+2].[Ca+2].[Ca+2].[Cl-].[O-]Cl.[OH-]. The van der Waals surface area contributed by atoms with Gasteiger partial charge in [-0.05, 0) is 0 Å². The van der Waals surface area contributed by atoms with E-state index in [9.17, 15) is 0 Å². The molecule has 0 amide bonds. The zero-order valence-electron chi connectivity index (χ0n) is 3.73. The predicted octanol–water partition coefficient (Wildman–Crippen LogP) is -4.81. The number of hydrogen-bond donors (Lipinski definition) is 0. The summed E-state index contributed by atoms with van der Waals surface area (Å²) in [6, 6.07) is 0. The van der Waals surface area contributed by atoms with E-state index in [-0.39, 0.29) is 131 Å². The molecule has 0 aromatic carbocycles. The van der Waals surface area contributed by atoms with Crippen LogP contribution in [-0.4, -0.2) is 119 Å². The van der Waals surface area contributed by atoms with Gasteiger partial charge in [0.25, 0.3) is 0 Å². The summed E-state index contributed by atoms with van der Waals surface area (Å²) in [6.45, 7) is 0. The van der Waals surface area contributed by atoms with Crippen LogP contribution in [0.4, 0.5) is 0 Å². The van der Waals surface area contributed by atoms with Crippen LogP contribution in [0, 0.1) is 0 Å². The Morgan fingerprint density at radius 3 is 0.857 bits per heavy atom. The van der Waals surface area contributed by atoms with Gasteiger partial charge >= 0.3 is 113 Å². The van der Waals surface area contributed by atoms with Gasteiger partial charge in [0.1, 0.15) is 0 Å². The summed E-state index contributed by atoms with van der Waals surface area (Å²) in [5.74, 6) is 0. The van der Waals surface area contributed by atoms with E-state index in [0.29, 0.717) is 0 Å². The minimum atomic E-state index is 0. The Morgan fingerprint density at radius 2 is 0.857 bits per heavy atom. The van der Waals surface area contributed by atoms with E-state index in [1.54, 1.807) is 0 Å². The van der Waals surface area contributed by atoms with E-state index in [1.807, 2.05) is 0 Å². The van der Waals surface area contributed by atoms with Crippen molar-refractivity contribution in [1.29, 1.82) is 0 Å². The van der Waals surface area contributed by atoms with Gasteiger partial charge in [-0.2, -0.15) is 0 Å². The average Bonchev–Trinajstić information content (AvgIpc) is 1.00. The van der Waals surface area contributed by atoms with Crippen molar-refractivity contribution in [2.24, 2.45) is 0 Å². The average molecular weight is 224 g/mol. The van der Waals surface area contributed by atoms with Gasteiger partial charge in [0, 0.05) is 0 Å². The molecule has 30 valence electrons. The summed E-state index contributed by atoms with van der Waals surface area (Å²) >= 11 is 3.39. The quantitative estimate of drug-likeness (QED) is 0.388. The molecular formula is HCa3Cl2O2+3. The molecule has 0 saturated heterocycles. The number of hydrogen-bond acceptors (Lipinski definition) is 2. The Morgan fingerprint density at radius 1 is 0.857 bits per heavy atom. The first kappa shape index (κ1) is 42.8. The van der Waals surface area contributed by atoms with Crippen LogP contribution < -0.4 is 17.1 Å². The predicted molar refractivity (Wildman–Crippen MR) is 25.1 cm³/mol. The van der Waals surface area contributed by atoms with Gasteiger partial charge < -0.3 is 22.5 Å². The summed E-state index contributed by atoms with van der Waals surface area (Å²) in [4.78, 5) is 0. The summed E-state index contributed by atoms with van der Waals surface area (Å²) < 4.78 is 7.72. The first-order valence-corrected chi connectivity index (χ1v) is 0.463. The van der Waals surface area contributed by atoms with E-state index in [4.69, 9.17) is 4.66 Å². The van der Waals surface area contributed by atoms with Gasteiger partial charge in [0.05, 0.1) is 0 Å². The molecule has 0 radical (unpaired) electrons. The molecule has 0 unspecified atom stereocenters. The van der Waals surface area contributed by atoms with Crippen molar-refractivity contribution in [3.8, 4) is 0 Å². The van der Waals surface area contributed by atoms with Crippen LogP contribution in [0.2, 0.25) is 0 Å².